The van der Waals surface area contributed by atoms with Crippen LogP contribution in [0.15, 0.2) is 418 Å². The molecular formula is C114H78BN5. The molecule has 0 bridgehead atoms. The minimum absolute atomic E-state index is 0.0336. The molecule has 0 N–H and O–H groups in total. The maximum atomic E-state index is 11.2. The molecule has 2 aliphatic rings. The molecule has 19 aromatic carbocycles. The highest BCUT2D eigenvalue weighted by Gasteiger charge is 2.46. The lowest BCUT2D eigenvalue weighted by Crippen LogP contribution is -2.61. The van der Waals surface area contributed by atoms with Gasteiger partial charge in [0.25, 0.3) is 6.71 Å². The van der Waals surface area contributed by atoms with E-state index >= 15 is 0 Å². The number of anilines is 6. The quantitative estimate of drug-likeness (QED) is 0.0951. The first-order valence-electron chi connectivity index (χ1n) is 49.3. The van der Waals surface area contributed by atoms with Gasteiger partial charge in [0, 0.05) is 94.4 Å². The zero-order valence-electron chi connectivity index (χ0n) is 83.3. The number of para-hydroxylation sites is 7. The van der Waals surface area contributed by atoms with E-state index in [0.717, 1.165) is 116 Å². The third-order valence-electron chi connectivity index (χ3n) is 24.4. The van der Waals surface area contributed by atoms with Gasteiger partial charge in [0.15, 0.2) is 0 Å². The van der Waals surface area contributed by atoms with Gasteiger partial charge in [-0.25, -0.2) is 0 Å². The Kier molecular flexibility index (Phi) is 12.0. The summed E-state index contributed by atoms with van der Waals surface area (Å²) in [4.78, 5) is 4.49. The van der Waals surface area contributed by atoms with Gasteiger partial charge in [0.1, 0.15) is 0 Å². The summed E-state index contributed by atoms with van der Waals surface area (Å²) in [6.07, 6.45) is 0. The summed E-state index contributed by atoms with van der Waals surface area (Å²) in [6, 6.07) is 95.1. The van der Waals surface area contributed by atoms with Crippen molar-refractivity contribution in [3.63, 3.8) is 0 Å². The van der Waals surface area contributed by atoms with Crippen molar-refractivity contribution < 1.29 is 24.7 Å². The van der Waals surface area contributed by atoms with Crippen LogP contribution in [0.2, 0.25) is 0 Å². The van der Waals surface area contributed by atoms with Crippen LogP contribution in [0.3, 0.4) is 0 Å². The molecule has 3 aromatic heterocycles. The Morgan fingerprint density at radius 2 is 0.667 bits per heavy atom. The van der Waals surface area contributed by atoms with Crippen molar-refractivity contribution in [2.45, 2.75) is 26.2 Å². The van der Waals surface area contributed by atoms with Crippen molar-refractivity contribution in [1.82, 2.24) is 13.7 Å². The minimum atomic E-state index is -1.11. The predicted octanol–water partition coefficient (Wildman–Crippen LogP) is 28.7. The molecule has 2 aliphatic heterocycles. The number of fused-ring (bicyclic) bond motifs is 16. The summed E-state index contributed by atoms with van der Waals surface area (Å²) >= 11 is 0. The van der Waals surface area contributed by atoms with E-state index < -0.39 is 109 Å². The standard InChI is InChI=1S/C114H78BN5/c1-114(2,3)83-69-96(75-34-12-6-13-35-75)113(97(70-83)79-38-28-37-77(64-79)73-30-8-4-9-31-73)120-108-72-86(118-103-51-25-20-44-93(103)94-45-21-26-52-104(94)118)59-62-100(108)115-99-61-58-85(117-101-49-23-18-42-91(101)92-43-19-24-50-102(92)117)71-107(99)119(112-89(74-32-10-5-11-33-74)47-29-48-90(112)81-56-60-88-80(65-81)55-54-76-36-16-17-41-87(76)88)109-67-82(68-110(120)111(109)115)78-57-63-106-98(66-78)95-46-22-27-53-105(95)116(106)84-39-14-7-15-40-84/h4-72H,1-3H3/i18D,19D,20D,21D,23D,24D,25D,26D,42D,43D,44D,45D,49D,50D,51D,52D,58D,59D. The van der Waals surface area contributed by atoms with Gasteiger partial charge < -0.3 is 23.5 Å². The molecule has 5 nitrogen and oxygen atoms in total. The summed E-state index contributed by atoms with van der Waals surface area (Å²) in [5.74, 6) is 0. The van der Waals surface area contributed by atoms with Crippen molar-refractivity contribution in [3.8, 4) is 83.8 Å². The number of rotatable bonds is 11. The molecule has 0 aliphatic carbocycles. The zero-order valence-corrected chi connectivity index (χ0v) is 65.3. The van der Waals surface area contributed by atoms with Crippen molar-refractivity contribution in [2.75, 3.05) is 9.80 Å². The first kappa shape index (κ1) is 53.1. The average Bonchev–Trinajstić information content (AvgIpc) is 1.21. The van der Waals surface area contributed by atoms with Crippen LogP contribution < -0.4 is 26.2 Å². The highest BCUT2D eigenvalue weighted by atomic mass is 15.2. The highest BCUT2D eigenvalue weighted by molar-refractivity contribution is 7.00. The van der Waals surface area contributed by atoms with Gasteiger partial charge in [0.05, 0.1) is 69.1 Å². The van der Waals surface area contributed by atoms with E-state index in [0.29, 0.717) is 56.1 Å². The molecule has 5 heterocycles. The Morgan fingerprint density at radius 1 is 0.242 bits per heavy atom. The highest BCUT2D eigenvalue weighted by Crippen LogP contribution is 2.56. The summed E-state index contributed by atoms with van der Waals surface area (Å²) in [7, 11) is 0. The largest absolute Gasteiger partial charge is 0.310 e. The lowest BCUT2D eigenvalue weighted by atomic mass is 9.33. The van der Waals surface area contributed by atoms with E-state index in [1.54, 1.807) is 18.2 Å². The second kappa shape index (κ2) is 27.2. The van der Waals surface area contributed by atoms with Gasteiger partial charge in [-0.3, -0.25) is 0 Å². The molecule has 24 rings (SSSR count). The first-order valence-corrected chi connectivity index (χ1v) is 40.3. The van der Waals surface area contributed by atoms with Crippen LogP contribution in [0.5, 0.6) is 0 Å². The van der Waals surface area contributed by atoms with E-state index in [1.807, 2.05) is 109 Å². The fraction of sp³-hybridized carbons (Fsp3) is 0.0351. The van der Waals surface area contributed by atoms with Crippen molar-refractivity contribution >= 4 is 144 Å². The molecule has 0 fully saturated rings. The van der Waals surface area contributed by atoms with Crippen LogP contribution >= 0.6 is 0 Å². The van der Waals surface area contributed by atoms with Crippen LogP contribution in [0.1, 0.15) is 51.0 Å². The van der Waals surface area contributed by atoms with E-state index in [9.17, 15) is 24.7 Å². The molecule has 22 aromatic rings. The molecule has 0 spiro atoms. The number of hydrogen-bond acceptors (Lipinski definition) is 2. The minimum Gasteiger partial charge on any atom is -0.310 e. The summed E-state index contributed by atoms with van der Waals surface area (Å²) in [6.45, 7) is 5.45. The topological polar surface area (TPSA) is 21.3 Å². The smallest absolute Gasteiger partial charge is 0.252 e. The molecule has 562 valence electrons. The third kappa shape index (κ3) is 10.8. The number of nitrogens with zero attached hydrogens (tertiary/aromatic N) is 5. The number of hydrogen-bond donors (Lipinski definition) is 0. The molecule has 0 amide bonds. The normalized spacial score (nSPS) is 14.7. The molecule has 6 heteroatoms. The second-order valence-corrected chi connectivity index (χ2v) is 32.1. The fourth-order valence-electron chi connectivity index (χ4n) is 19.0. The molecule has 0 saturated carbocycles. The van der Waals surface area contributed by atoms with Gasteiger partial charge in [-0.2, -0.15) is 0 Å². The average molecular weight is 1550 g/mol. The maximum Gasteiger partial charge on any atom is 0.252 e. The Labute approximate surface area is 722 Å². The van der Waals surface area contributed by atoms with Crippen LogP contribution in [0.25, 0.3) is 171 Å². The van der Waals surface area contributed by atoms with E-state index in [1.165, 1.54) is 9.13 Å². The van der Waals surface area contributed by atoms with E-state index in [4.69, 9.17) is 0 Å². The Balaban J connectivity index is 0.931. The molecule has 120 heavy (non-hydrogen) atoms. The van der Waals surface area contributed by atoms with Gasteiger partial charge in [0.2, 0.25) is 0 Å². The van der Waals surface area contributed by atoms with Crippen LogP contribution in [-0.4, -0.2) is 20.4 Å². The predicted molar refractivity (Wildman–Crippen MR) is 510 cm³/mol. The van der Waals surface area contributed by atoms with Gasteiger partial charge in [-0.15, -0.1) is 0 Å². The maximum absolute atomic E-state index is 11.2. The molecule has 0 saturated heterocycles. The van der Waals surface area contributed by atoms with Crippen molar-refractivity contribution in [1.29, 1.82) is 0 Å². The fourth-order valence-corrected chi connectivity index (χ4v) is 19.0. The molecule has 0 unspecified atom stereocenters. The monoisotopic (exact) mass is 1550 g/mol. The van der Waals surface area contributed by atoms with Gasteiger partial charge in [-0.05, 0) is 209 Å². The van der Waals surface area contributed by atoms with Gasteiger partial charge >= 0.3 is 0 Å². The zero-order chi connectivity index (χ0) is 95.1. The molecule has 0 atom stereocenters. The third-order valence-corrected chi connectivity index (χ3v) is 24.4. The molecule has 0 radical (unpaired) electrons. The van der Waals surface area contributed by atoms with Crippen molar-refractivity contribution in [3.05, 3.63) is 424 Å². The lowest BCUT2D eigenvalue weighted by Gasteiger charge is -2.46. The summed E-state index contributed by atoms with van der Waals surface area (Å²) < 4.78 is 182. The first-order chi connectivity index (χ1) is 66.6. The summed E-state index contributed by atoms with van der Waals surface area (Å²) in [5.41, 5.74) is 16.6. The second-order valence-electron chi connectivity index (χ2n) is 32.1. The number of aromatic nitrogens is 3. The SMILES string of the molecule is [2H]c1cc2c(cc1-n1c3c([2H])c([2H])c([2H])c([2H])c3c3c([2H])c([2H])c([2H])c([2H])c31)N(c1c(-c3ccccc3)cccc1-c1ccc3c(ccc4ccccc43)c1)c1cc(-c3ccc4c(c3)c3ccccc3n4-c3ccccc3)cc3c1B2c1cc([2H])c(-n2c4c([2H])c([2H])c([2H])c([2H])c4c4c([2H])c([2H])c([2H])c([2H])c42)cc1N3c1c(-c2ccccc2)cc(C(C)(C)C)cc1-c1cccc(-c2ccccc2)c1. The van der Waals surface area contributed by atoms with Crippen LogP contribution in [0.4, 0.5) is 34.1 Å². The van der Waals surface area contributed by atoms with E-state index in [2.05, 4.69) is 217 Å². The molecular weight excluding hydrogens is 1450 g/mol. The Bertz CT molecular complexity index is 8980. The van der Waals surface area contributed by atoms with Crippen LogP contribution in [-0.2, 0) is 5.41 Å². The number of benzene rings is 19. The summed E-state index contributed by atoms with van der Waals surface area (Å²) in [5, 5.41) is 5.23. The van der Waals surface area contributed by atoms with Gasteiger partial charge in [-0.1, -0.05) is 324 Å². The van der Waals surface area contributed by atoms with Crippen LogP contribution in [0, 0.1) is 0 Å². The lowest BCUT2D eigenvalue weighted by molar-refractivity contribution is 0.591. The van der Waals surface area contributed by atoms with Crippen molar-refractivity contribution in [2.24, 2.45) is 0 Å². The van der Waals surface area contributed by atoms with E-state index in [-0.39, 0.29) is 67.1 Å². The Hall–Kier alpha value is -15.2. The Morgan fingerprint density at radius 3 is 1.26 bits per heavy atom.